The molecule has 5 heteroatoms. The van der Waals surface area contributed by atoms with Gasteiger partial charge in [0.15, 0.2) is 0 Å². The first-order valence-electron chi connectivity index (χ1n) is 6.06. The van der Waals surface area contributed by atoms with Gasteiger partial charge in [-0.25, -0.2) is 14.4 Å². The summed E-state index contributed by atoms with van der Waals surface area (Å²) in [5.74, 6) is 5.93. The van der Waals surface area contributed by atoms with Crippen LogP contribution in [0.1, 0.15) is 17.5 Å². The minimum atomic E-state index is -0.306. The predicted molar refractivity (Wildman–Crippen MR) is 76.6 cm³/mol. The molecule has 1 heterocycles. The molecule has 0 radical (unpaired) electrons. The average molecular weight is 288 g/mol. The molecule has 0 fully saturated rings. The topological polar surface area (TPSA) is 46.0 Å². The van der Waals surface area contributed by atoms with E-state index in [9.17, 15) is 4.39 Å². The third kappa shape index (κ3) is 4.65. The Balaban J connectivity index is 2.06. The maximum Gasteiger partial charge on any atom is 0.124 e. The fraction of sp³-hybridized carbons (Fsp3) is 0.200. The summed E-state index contributed by atoms with van der Waals surface area (Å²) in [5, 5.41) is 9.52. The second-order valence-corrected chi connectivity index (χ2v) is 4.96. The molecule has 0 saturated carbocycles. The second-order valence-electron chi connectivity index (χ2n) is 3.96. The van der Waals surface area contributed by atoms with Gasteiger partial charge in [-0.3, -0.25) is 0 Å². The maximum absolute atomic E-state index is 13.5. The summed E-state index contributed by atoms with van der Waals surface area (Å²) in [6.45, 7) is 0.0126. The summed E-state index contributed by atoms with van der Waals surface area (Å²) in [4.78, 5) is 7.95. The van der Waals surface area contributed by atoms with Gasteiger partial charge in [0.2, 0.25) is 0 Å². The molecule has 0 aliphatic rings. The summed E-state index contributed by atoms with van der Waals surface area (Å²) in [6.07, 6.45) is 3.55. The summed E-state index contributed by atoms with van der Waals surface area (Å²) < 4.78 is 13.5. The first-order chi connectivity index (χ1) is 9.78. The van der Waals surface area contributed by atoms with Crippen molar-refractivity contribution in [3.8, 4) is 11.8 Å². The number of hydrogen-bond acceptors (Lipinski definition) is 4. The highest BCUT2D eigenvalue weighted by molar-refractivity contribution is 7.98. The third-order valence-electron chi connectivity index (χ3n) is 2.37. The van der Waals surface area contributed by atoms with Crippen LogP contribution in [-0.4, -0.2) is 21.7 Å². The van der Waals surface area contributed by atoms with Gasteiger partial charge in [-0.2, -0.15) is 0 Å². The summed E-state index contributed by atoms with van der Waals surface area (Å²) >= 11 is 1.51. The third-order valence-corrected chi connectivity index (χ3v) is 3.38. The minimum absolute atomic E-state index is 0.0126. The maximum atomic E-state index is 13.5. The van der Waals surface area contributed by atoms with Gasteiger partial charge in [0.05, 0.1) is 11.6 Å². The SMILES string of the molecule is OCCC#Cc1cc(F)cc(CSc2ccncn2)c1. The van der Waals surface area contributed by atoms with Gasteiger partial charge in [0.1, 0.15) is 12.1 Å². The Hall–Kier alpha value is -1.90. The lowest BCUT2D eigenvalue weighted by molar-refractivity contribution is 0.305. The summed E-state index contributed by atoms with van der Waals surface area (Å²) in [7, 11) is 0. The van der Waals surface area contributed by atoms with E-state index in [0.29, 0.717) is 17.7 Å². The van der Waals surface area contributed by atoms with Crippen LogP contribution in [0, 0.1) is 17.7 Å². The monoisotopic (exact) mass is 288 g/mol. The molecule has 0 saturated heterocycles. The Morgan fingerprint density at radius 3 is 2.95 bits per heavy atom. The van der Waals surface area contributed by atoms with E-state index < -0.39 is 0 Å². The van der Waals surface area contributed by atoms with Gasteiger partial charge < -0.3 is 5.11 Å². The van der Waals surface area contributed by atoms with Gasteiger partial charge in [-0.1, -0.05) is 11.8 Å². The number of aromatic nitrogens is 2. The lowest BCUT2D eigenvalue weighted by Crippen LogP contribution is -1.88. The number of nitrogens with zero attached hydrogens (tertiary/aromatic N) is 2. The van der Waals surface area contributed by atoms with E-state index in [1.807, 2.05) is 12.1 Å². The van der Waals surface area contributed by atoms with Crippen LogP contribution in [0.4, 0.5) is 4.39 Å². The number of aliphatic hydroxyl groups is 1. The number of aliphatic hydroxyl groups excluding tert-OH is 1. The number of halogens is 1. The van der Waals surface area contributed by atoms with Crippen molar-refractivity contribution in [2.75, 3.05) is 6.61 Å². The molecule has 1 aromatic heterocycles. The molecule has 0 amide bonds. The van der Waals surface area contributed by atoms with Crippen LogP contribution in [0.25, 0.3) is 0 Å². The van der Waals surface area contributed by atoms with Gasteiger partial charge in [0.25, 0.3) is 0 Å². The Morgan fingerprint density at radius 2 is 2.20 bits per heavy atom. The summed E-state index contributed by atoms with van der Waals surface area (Å²) in [6, 6.07) is 6.54. The van der Waals surface area contributed by atoms with E-state index in [1.54, 1.807) is 6.20 Å². The summed E-state index contributed by atoms with van der Waals surface area (Å²) in [5.41, 5.74) is 1.47. The molecule has 0 bridgehead atoms. The molecule has 0 aliphatic carbocycles. The molecule has 3 nitrogen and oxygen atoms in total. The zero-order valence-electron chi connectivity index (χ0n) is 10.7. The largest absolute Gasteiger partial charge is 0.395 e. The highest BCUT2D eigenvalue weighted by atomic mass is 32.2. The number of thioether (sulfide) groups is 1. The van der Waals surface area contributed by atoms with Crippen LogP contribution in [-0.2, 0) is 5.75 Å². The average Bonchev–Trinajstić information content (AvgIpc) is 2.46. The van der Waals surface area contributed by atoms with Crippen molar-refractivity contribution in [1.82, 2.24) is 9.97 Å². The quantitative estimate of drug-likeness (QED) is 0.534. The van der Waals surface area contributed by atoms with Crippen LogP contribution in [0.2, 0.25) is 0 Å². The van der Waals surface area contributed by atoms with Crippen LogP contribution < -0.4 is 0 Å². The van der Waals surface area contributed by atoms with Crippen molar-refractivity contribution in [1.29, 1.82) is 0 Å². The lowest BCUT2D eigenvalue weighted by Gasteiger charge is -2.02. The first kappa shape index (κ1) is 14.5. The minimum Gasteiger partial charge on any atom is -0.395 e. The van der Waals surface area contributed by atoms with Crippen LogP contribution in [0.15, 0.2) is 41.8 Å². The van der Waals surface area contributed by atoms with Gasteiger partial charge >= 0.3 is 0 Å². The van der Waals surface area contributed by atoms with Gasteiger partial charge in [0, 0.05) is 23.9 Å². The van der Waals surface area contributed by atoms with E-state index >= 15 is 0 Å². The zero-order chi connectivity index (χ0) is 14.2. The Labute approximate surface area is 121 Å². The molecular formula is C15H13FN2OS. The Morgan fingerprint density at radius 1 is 1.30 bits per heavy atom. The molecule has 0 spiro atoms. The Bertz CT molecular complexity index is 623. The van der Waals surface area contributed by atoms with E-state index in [0.717, 1.165) is 10.6 Å². The molecular weight excluding hydrogens is 275 g/mol. The first-order valence-corrected chi connectivity index (χ1v) is 7.04. The fourth-order valence-electron chi connectivity index (χ4n) is 1.55. The van der Waals surface area contributed by atoms with Crippen LogP contribution in [0.5, 0.6) is 0 Å². The molecule has 0 aliphatic heterocycles. The molecule has 1 N–H and O–H groups in total. The van der Waals surface area contributed by atoms with Crippen molar-refractivity contribution in [3.05, 3.63) is 53.7 Å². The van der Waals surface area contributed by atoms with Crippen LogP contribution in [0.3, 0.4) is 0 Å². The standard InChI is InChI=1S/C15H13FN2OS/c16-14-8-12(3-1-2-6-19)7-13(9-14)10-20-15-4-5-17-11-18-15/h4-5,7-9,11,19H,2,6,10H2. The van der Waals surface area contributed by atoms with Gasteiger partial charge in [-0.05, 0) is 29.8 Å². The van der Waals surface area contributed by atoms with Gasteiger partial charge in [-0.15, -0.1) is 11.8 Å². The van der Waals surface area contributed by atoms with Crippen molar-refractivity contribution in [2.45, 2.75) is 17.2 Å². The van der Waals surface area contributed by atoms with Crippen molar-refractivity contribution >= 4 is 11.8 Å². The van der Waals surface area contributed by atoms with E-state index in [1.165, 1.54) is 30.2 Å². The number of benzene rings is 1. The number of rotatable bonds is 4. The highest BCUT2D eigenvalue weighted by Gasteiger charge is 2.01. The molecule has 1 aromatic carbocycles. The predicted octanol–water partition coefficient (Wildman–Crippen LogP) is 2.64. The van der Waals surface area contributed by atoms with Crippen molar-refractivity contribution in [2.24, 2.45) is 0 Å². The fourth-order valence-corrected chi connectivity index (χ4v) is 2.31. The zero-order valence-corrected chi connectivity index (χ0v) is 11.5. The molecule has 0 atom stereocenters. The molecule has 0 unspecified atom stereocenters. The van der Waals surface area contributed by atoms with Crippen molar-refractivity contribution < 1.29 is 9.50 Å². The molecule has 2 aromatic rings. The van der Waals surface area contributed by atoms with E-state index in [-0.39, 0.29) is 12.4 Å². The second kappa shape index (κ2) is 7.63. The van der Waals surface area contributed by atoms with Crippen molar-refractivity contribution in [3.63, 3.8) is 0 Å². The number of hydrogen-bond donors (Lipinski definition) is 1. The normalized spacial score (nSPS) is 9.90. The smallest absolute Gasteiger partial charge is 0.124 e. The lowest BCUT2D eigenvalue weighted by atomic mass is 10.1. The van der Waals surface area contributed by atoms with E-state index in [2.05, 4.69) is 21.8 Å². The Kier molecular flexibility index (Phi) is 5.54. The highest BCUT2D eigenvalue weighted by Crippen LogP contribution is 2.21. The molecule has 2 rings (SSSR count). The molecule has 102 valence electrons. The van der Waals surface area contributed by atoms with Crippen LogP contribution >= 0.6 is 11.8 Å². The van der Waals surface area contributed by atoms with E-state index in [4.69, 9.17) is 5.11 Å². The molecule has 20 heavy (non-hydrogen) atoms.